The van der Waals surface area contributed by atoms with Gasteiger partial charge in [0.25, 0.3) is 0 Å². The van der Waals surface area contributed by atoms with Crippen molar-refractivity contribution in [2.75, 3.05) is 16.4 Å². The van der Waals surface area contributed by atoms with Crippen molar-refractivity contribution >= 4 is 40.4 Å². The van der Waals surface area contributed by atoms with Gasteiger partial charge in [0, 0.05) is 18.3 Å². The molecule has 0 saturated carbocycles. The van der Waals surface area contributed by atoms with E-state index in [4.69, 9.17) is 17.3 Å². The summed E-state index contributed by atoms with van der Waals surface area (Å²) in [5.41, 5.74) is 7.44. The summed E-state index contributed by atoms with van der Waals surface area (Å²) in [6.07, 6.45) is 1.32. The van der Waals surface area contributed by atoms with Gasteiger partial charge in [-0.15, -0.1) is 0 Å². The maximum absolute atomic E-state index is 11.0. The highest BCUT2D eigenvalue weighted by molar-refractivity contribution is 6.32. The quantitative estimate of drug-likeness (QED) is 0.749. The highest BCUT2D eigenvalue weighted by atomic mass is 35.5. The number of carbonyl (C=O) groups excluding carboxylic acids is 1. The van der Waals surface area contributed by atoms with Crippen molar-refractivity contribution in [1.82, 2.24) is 9.97 Å². The SMILES string of the molecule is CC(=O)Nc1cccc(Nc2ncnc(Cl)c2N)c1. The molecule has 19 heavy (non-hydrogen) atoms. The summed E-state index contributed by atoms with van der Waals surface area (Å²) in [6, 6.07) is 7.16. The number of nitrogens with two attached hydrogens (primary N) is 1. The van der Waals surface area contributed by atoms with Gasteiger partial charge >= 0.3 is 0 Å². The van der Waals surface area contributed by atoms with Gasteiger partial charge < -0.3 is 16.4 Å². The Bertz CT molecular complexity index is 617. The number of benzene rings is 1. The second-order valence-electron chi connectivity index (χ2n) is 3.81. The van der Waals surface area contributed by atoms with E-state index in [1.165, 1.54) is 13.3 Å². The molecule has 0 fully saturated rings. The Kier molecular flexibility index (Phi) is 3.82. The van der Waals surface area contributed by atoms with Gasteiger partial charge in [0.2, 0.25) is 5.91 Å². The number of anilines is 4. The number of carbonyl (C=O) groups is 1. The van der Waals surface area contributed by atoms with Crippen molar-refractivity contribution in [2.24, 2.45) is 0 Å². The topological polar surface area (TPSA) is 92.9 Å². The molecule has 0 radical (unpaired) electrons. The molecule has 1 aromatic carbocycles. The van der Waals surface area contributed by atoms with E-state index in [1.54, 1.807) is 18.2 Å². The number of hydrogen-bond acceptors (Lipinski definition) is 5. The number of aromatic nitrogens is 2. The number of amides is 1. The molecule has 6 nitrogen and oxygen atoms in total. The van der Waals surface area contributed by atoms with Crippen molar-refractivity contribution in [3.63, 3.8) is 0 Å². The summed E-state index contributed by atoms with van der Waals surface area (Å²) in [7, 11) is 0. The van der Waals surface area contributed by atoms with Gasteiger partial charge in [0.1, 0.15) is 12.0 Å². The first kappa shape index (κ1) is 13.1. The number of rotatable bonds is 3. The molecule has 0 aliphatic heterocycles. The van der Waals surface area contributed by atoms with E-state index in [9.17, 15) is 4.79 Å². The molecule has 0 unspecified atom stereocenters. The van der Waals surface area contributed by atoms with E-state index in [-0.39, 0.29) is 16.7 Å². The van der Waals surface area contributed by atoms with Gasteiger partial charge in [-0.25, -0.2) is 9.97 Å². The zero-order chi connectivity index (χ0) is 13.8. The number of halogens is 1. The van der Waals surface area contributed by atoms with Crippen LogP contribution in [0.2, 0.25) is 5.15 Å². The largest absolute Gasteiger partial charge is 0.393 e. The Morgan fingerprint density at radius 3 is 2.79 bits per heavy atom. The lowest BCUT2D eigenvalue weighted by Gasteiger charge is -2.10. The minimum absolute atomic E-state index is 0.137. The molecule has 4 N–H and O–H groups in total. The fourth-order valence-electron chi connectivity index (χ4n) is 1.49. The van der Waals surface area contributed by atoms with Crippen molar-refractivity contribution < 1.29 is 4.79 Å². The predicted octanol–water partition coefficient (Wildman–Crippen LogP) is 2.41. The fraction of sp³-hybridized carbons (Fsp3) is 0.0833. The molecule has 2 aromatic rings. The summed E-state index contributed by atoms with van der Waals surface area (Å²) in [4.78, 5) is 18.8. The van der Waals surface area contributed by atoms with Crippen molar-refractivity contribution in [1.29, 1.82) is 0 Å². The lowest BCUT2D eigenvalue weighted by Crippen LogP contribution is -2.06. The second kappa shape index (κ2) is 5.53. The Morgan fingerprint density at radius 1 is 1.32 bits per heavy atom. The predicted molar refractivity (Wildman–Crippen MR) is 75.5 cm³/mol. The fourth-order valence-corrected chi connectivity index (χ4v) is 1.62. The van der Waals surface area contributed by atoms with Crippen molar-refractivity contribution in [3.8, 4) is 0 Å². The van der Waals surface area contributed by atoms with E-state index in [2.05, 4.69) is 20.6 Å². The highest BCUT2D eigenvalue weighted by Crippen LogP contribution is 2.26. The van der Waals surface area contributed by atoms with Crippen molar-refractivity contribution in [3.05, 3.63) is 35.7 Å². The first-order valence-electron chi connectivity index (χ1n) is 5.47. The third-order valence-corrected chi connectivity index (χ3v) is 2.58. The smallest absolute Gasteiger partial charge is 0.221 e. The van der Waals surface area contributed by atoms with Crippen LogP contribution in [0.5, 0.6) is 0 Å². The van der Waals surface area contributed by atoms with Crippen LogP contribution in [0, 0.1) is 0 Å². The average molecular weight is 278 g/mol. The zero-order valence-corrected chi connectivity index (χ0v) is 10.9. The van der Waals surface area contributed by atoms with Gasteiger partial charge in [-0.05, 0) is 18.2 Å². The Labute approximate surface area is 115 Å². The van der Waals surface area contributed by atoms with Gasteiger partial charge in [0.05, 0.1) is 0 Å². The Morgan fingerprint density at radius 2 is 2.05 bits per heavy atom. The third-order valence-electron chi connectivity index (χ3n) is 2.28. The molecular weight excluding hydrogens is 266 g/mol. The summed E-state index contributed by atoms with van der Waals surface area (Å²) < 4.78 is 0. The molecule has 0 spiro atoms. The lowest BCUT2D eigenvalue weighted by molar-refractivity contribution is -0.114. The molecule has 0 atom stereocenters. The summed E-state index contributed by atoms with van der Waals surface area (Å²) in [5.74, 6) is 0.279. The first-order valence-corrected chi connectivity index (χ1v) is 5.84. The summed E-state index contributed by atoms with van der Waals surface area (Å²) in [5, 5.41) is 5.89. The summed E-state index contributed by atoms with van der Waals surface area (Å²) >= 11 is 5.81. The minimum Gasteiger partial charge on any atom is -0.393 e. The van der Waals surface area contributed by atoms with E-state index < -0.39 is 0 Å². The molecule has 0 aliphatic rings. The molecule has 98 valence electrons. The molecule has 1 heterocycles. The van der Waals surface area contributed by atoms with Crippen LogP contribution in [-0.2, 0) is 4.79 Å². The number of nitrogens with one attached hydrogen (secondary N) is 2. The molecule has 0 aliphatic carbocycles. The van der Waals surface area contributed by atoms with Crippen LogP contribution in [0.15, 0.2) is 30.6 Å². The van der Waals surface area contributed by atoms with Crippen LogP contribution in [-0.4, -0.2) is 15.9 Å². The van der Waals surface area contributed by atoms with Gasteiger partial charge in [0.15, 0.2) is 11.0 Å². The van der Waals surface area contributed by atoms with E-state index in [1.807, 2.05) is 6.07 Å². The van der Waals surface area contributed by atoms with Crippen LogP contribution in [0.3, 0.4) is 0 Å². The van der Waals surface area contributed by atoms with Crippen LogP contribution in [0.25, 0.3) is 0 Å². The van der Waals surface area contributed by atoms with Crippen molar-refractivity contribution in [2.45, 2.75) is 6.92 Å². The monoisotopic (exact) mass is 277 g/mol. The van der Waals surface area contributed by atoms with Crippen LogP contribution < -0.4 is 16.4 Å². The van der Waals surface area contributed by atoms with Crippen LogP contribution >= 0.6 is 11.6 Å². The molecule has 2 rings (SSSR count). The van der Waals surface area contributed by atoms with E-state index in [0.717, 1.165) is 5.69 Å². The molecule has 7 heteroatoms. The molecule has 0 bridgehead atoms. The highest BCUT2D eigenvalue weighted by Gasteiger charge is 2.06. The third kappa shape index (κ3) is 3.32. The van der Waals surface area contributed by atoms with Gasteiger partial charge in [-0.1, -0.05) is 17.7 Å². The van der Waals surface area contributed by atoms with Crippen LogP contribution in [0.1, 0.15) is 6.92 Å². The molecule has 1 amide bonds. The van der Waals surface area contributed by atoms with Crippen LogP contribution in [0.4, 0.5) is 22.9 Å². The van der Waals surface area contributed by atoms with Gasteiger partial charge in [-0.2, -0.15) is 0 Å². The Balaban J connectivity index is 2.23. The second-order valence-corrected chi connectivity index (χ2v) is 4.17. The Hall–Kier alpha value is -2.34. The van der Waals surface area contributed by atoms with E-state index >= 15 is 0 Å². The number of nitrogen functional groups attached to an aromatic ring is 1. The van der Waals surface area contributed by atoms with E-state index in [0.29, 0.717) is 11.5 Å². The molecule has 1 aromatic heterocycles. The number of hydrogen-bond donors (Lipinski definition) is 3. The molecular formula is C12H12ClN5O. The average Bonchev–Trinajstić information content (AvgIpc) is 2.35. The number of nitrogens with zero attached hydrogens (tertiary/aromatic N) is 2. The zero-order valence-electron chi connectivity index (χ0n) is 10.1. The molecule has 0 saturated heterocycles. The maximum atomic E-state index is 11.0. The normalized spacial score (nSPS) is 10.0. The lowest BCUT2D eigenvalue weighted by atomic mass is 10.2. The van der Waals surface area contributed by atoms with Gasteiger partial charge in [-0.3, -0.25) is 4.79 Å². The standard InChI is InChI=1S/C12H12ClN5O/c1-7(19)17-8-3-2-4-9(5-8)18-12-10(14)11(13)15-6-16-12/h2-6H,14H2,1H3,(H,17,19)(H,15,16,18). The first-order chi connectivity index (χ1) is 9.06. The maximum Gasteiger partial charge on any atom is 0.221 e. The minimum atomic E-state index is -0.137. The summed E-state index contributed by atoms with van der Waals surface area (Å²) in [6.45, 7) is 1.45.